The van der Waals surface area contributed by atoms with Gasteiger partial charge in [0.15, 0.2) is 0 Å². The highest BCUT2D eigenvalue weighted by Crippen LogP contribution is 2.25. The quantitative estimate of drug-likeness (QED) is 0.552. The van der Waals surface area contributed by atoms with E-state index in [4.69, 9.17) is 9.15 Å². The Morgan fingerprint density at radius 1 is 1.10 bits per heavy atom. The number of nitrogens with one attached hydrogen (secondary N) is 1. The molecule has 0 unspecified atom stereocenters. The van der Waals surface area contributed by atoms with E-state index in [2.05, 4.69) is 15.5 Å². The third-order valence-corrected chi connectivity index (χ3v) is 5.01. The smallest absolute Gasteiger partial charge is 0.277 e. The van der Waals surface area contributed by atoms with Gasteiger partial charge in [0.2, 0.25) is 17.7 Å². The molecule has 0 saturated carbocycles. The second-order valence-electron chi connectivity index (χ2n) is 6.55. The van der Waals surface area contributed by atoms with Crippen molar-refractivity contribution >= 4 is 29.3 Å². The summed E-state index contributed by atoms with van der Waals surface area (Å²) < 4.78 is 10.7. The number of aromatic nitrogens is 2. The van der Waals surface area contributed by atoms with Gasteiger partial charge in [-0.25, -0.2) is 0 Å². The zero-order valence-corrected chi connectivity index (χ0v) is 17.7. The number of benzene rings is 2. The molecule has 1 aromatic heterocycles. The lowest BCUT2D eigenvalue weighted by Crippen LogP contribution is -2.35. The van der Waals surface area contributed by atoms with Gasteiger partial charge in [0.25, 0.3) is 5.22 Å². The first-order valence-electron chi connectivity index (χ1n) is 9.16. The minimum atomic E-state index is -0.265. The first kappa shape index (κ1) is 21.4. The Labute approximate surface area is 178 Å². The number of methoxy groups -OCH3 is 1. The Balaban J connectivity index is 1.48. The number of nitrogens with zero attached hydrogens (tertiary/aromatic N) is 3. The van der Waals surface area contributed by atoms with Gasteiger partial charge in [0.05, 0.1) is 19.4 Å². The second-order valence-corrected chi connectivity index (χ2v) is 7.48. The largest absolute Gasteiger partial charge is 0.497 e. The van der Waals surface area contributed by atoms with Gasteiger partial charge in [0, 0.05) is 18.3 Å². The number of ether oxygens (including phenoxy) is 1. The van der Waals surface area contributed by atoms with E-state index in [1.807, 2.05) is 43.3 Å². The molecule has 0 fully saturated rings. The standard InChI is InChI=1S/C21H22N4O4S/c1-14-4-8-16(9-5-14)22-18(26)12-25(2)19(27)13-30-21-24-23-20(29-21)15-6-10-17(28-3)11-7-15/h4-11H,12-13H2,1-3H3,(H,22,26). The Kier molecular flexibility index (Phi) is 7.08. The monoisotopic (exact) mass is 426 g/mol. The molecule has 30 heavy (non-hydrogen) atoms. The summed E-state index contributed by atoms with van der Waals surface area (Å²) in [5, 5.41) is 11.0. The Bertz CT molecular complexity index is 1000. The molecule has 0 radical (unpaired) electrons. The number of anilines is 1. The number of carbonyl (C=O) groups excluding carboxylic acids is 2. The van der Waals surface area contributed by atoms with Crippen molar-refractivity contribution in [3.63, 3.8) is 0 Å². The SMILES string of the molecule is COc1ccc(-c2nnc(SCC(=O)N(C)CC(=O)Nc3ccc(C)cc3)o2)cc1. The summed E-state index contributed by atoms with van der Waals surface area (Å²) >= 11 is 1.12. The number of hydrogen-bond donors (Lipinski definition) is 1. The van der Waals surface area contributed by atoms with Crippen molar-refractivity contribution in [1.82, 2.24) is 15.1 Å². The van der Waals surface area contributed by atoms with Gasteiger partial charge >= 0.3 is 0 Å². The molecule has 2 aromatic carbocycles. The molecule has 0 saturated heterocycles. The van der Waals surface area contributed by atoms with Crippen LogP contribution in [0.3, 0.4) is 0 Å². The minimum absolute atomic E-state index is 0.0474. The molecule has 156 valence electrons. The van der Waals surface area contributed by atoms with Crippen molar-refractivity contribution in [3.8, 4) is 17.2 Å². The highest BCUT2D eigenvalue weighted by atomic mass is 32.2. The summed E-state index contributed by atoms with van der Waals surface area (Å²) in [5.41, 5.74) is 2.55. The van der Waals surface area contributed by atoms with Crippen LogP contribution in [0.5, 0.6) is 5.75 Å². The van der Waals surface area contributed by atoms with Crippen molar-refractivity contribution in [2.45, 2.75) is 12.1 Å². The van der Waals surface area contributed by atoms with Gasteiger partial charge in [0.1, 0.15) is 5.75 Å². The van der Waals surface area contributed by atoms with Crippen LogP contribution in [-0.2, 0) is 9.59 Å². The van der Waals surface area contributed by atoms with E-state index in [-0.39, 0.29) is 29.3 Å². The van der Waals surface area contributed by atoms with Gasteiger partial charge in [-0.1, -0.05) is 29.5 Å². The topological polar surface area (TPSA) is 97.6 Å². The number of carbonyl (C=O) groups is 2. The van der Waals surface area contributed by atoms with Crippen LogP contribution in [0.15, 0.2) is 58.2 Å². The first-order valence-corrected chi connectivity index (χ1v) is 10.1. The molecule has 0 bridgehead atoms. The molecule has 3 aromatic rings. The molecule has 2 amide bonds. The van der Waals surface area contributed by atoms with Crippen LogP contribution < -0.4 is 10.1 Å². The zero-order chi connectivity index (χ0) is 21.5. The number of rotatable bonds is 8. The van der Waals surface area contributed by atoms with Crippen LogP contribution in [0.2, 0.25) is 0 Å². The van der Waals surface area contributed by atoms with E-state index < -0.39 is 0 Å². The maximum absolute atomic E-state index is 12.3. The second kappa shape index (κ2) is 9.93. The maximum Gasteiger partial charge on any atom is 0.277 e. The molecule has 3 rings (SSSR count). The third-order valence-electron chi connectivity index (χ3n) is 4.20. The molecule has 0 aliphatic carbocycles. The molecule has 0 aliphatic rings. The van der Waals surface area contributed by atoms with Crippen LogP contribution in [0.1, 0.15) is 5.56 Å². The summed E-state index contributed by atoms with van der Waals surface area (Å²) in [6, 6.07) is 14.7. The summed E-state index contributed by atoms with van der Waals surface area (Å²) in [5.74, 6) is 0.687. The van der Waals surface area contributed by atoms with Crippen LogP contribution in [0, 0.1) is 6.92 Å². The molecule has 9 heteroatoms. The van der Waals surface area contributed by atoms with E-state index >= 15 is 0 Å². The highest BCUT2D eigenvalue weighted by Gasteiger charge is 2.16. The molecular formula is C21H22N4O4S. The van der Waals surface area contributed by atoms with Crippen LogP contribution in [0.25, 0.3) is 11.5 Å². The molecule has 0 aliphatic heterocycles. The number of amides is 2. The molecule has 8 nitrogen and oxygen atoms in total. The van der Waals surface area contributed by atoms with Gasteiger partial charge in [-0.05, 0) is 43.3 Å². The fourth-order valence-corrected chi connectivity index (χ4v) is 3.20. The molecule has 0 spiro atoms. The van der Waals surface area contributed by atoms with Crippen molar-refractivity contribution in [2.75, 3.05) is 31.8 Å². The average Bonchev–Trinajstić information content (AvgIpc) is 3.22. The van der Waals surface area contributed by atoms with Gasteiger partial charge in [-0.2, -0.15) is 0 Å². The molecule has 1 heterocycles. The lowest BCUT2D eigenvalue weighted by molar-refractivity contribution is -0.131. The summed E-state index contributed by atoms with van der Waals surface area (Å²) in [7, 11) is 3.17. The maximum atomic E-state index is 12.3. The Morgan fingerprint density at radius 2 is 1.80 bits per heavy atom. The van der Waals surface area contributed by atoms with E-state index in [9.17, 15) is 9.59 Å². The Hall–Kier alpha value is -3.33. The van der Waals surface area contributed by atoms with Crippen molar-refractivity contribution in [1.29, 1.82) is 0 Å². The van der Waals surface area contributed by atoms with E-state index in [0.29, 0.717) is 11.6 Å². The van der Waals surface area contributed by atoms with Crippen LogP contribution >= 0.6 is 11.8 Å². The lowest BCUT2D eigenvalue weighted by Gasteiger charge is -2.16. The van der Waals surface area contributed by atoms with Gasteiger partial charge in [-0.3, -0.25) is 9.59 Å². The molecular weight excluding hydrogens is 404 g/mol. The number of thioether (sulfide) groups is 1. The summed E-state index contributed by atoms with van der Waals surface area (Å²) in [6.07, 6.45) is 0. The Morgan fingerprint density at radius 3 is 2.47 bits per heavy atom. The van der Waals surface area contributed by atoms with Crippen molar-refractivity contribution < 1.29 is 18.7 Å². The lowest BCUT2D eigenvalue weighted by atomic mass is 10.2. The van der Waals surface area contributed by atoms with E-state index in [0.717, 1.165) is 28.6 Å². The number of likely N-dealkylation sites (N-methyl/N-ethyl adjacent to an activating group) is 1. The van der Waals surface area contributed by atoms with Crippen LogP contribution in [-0.4, -0.2) is 53.4 Å². The van der Waals surface area contributed by atoms with Crippen molar-refractivity contribution in [2.24, 2.45) is 0 Å². The predicted molar refractivity (Wildman–Crippen MR) is 114 cm³/mol. The first-order chi connectivity index (χ1) is 14.4. The van der Waals surface area contributed by atoms with Gasteiger partial charge < -0.3 is 19.4 Å². The predicted octanol–water partition coefficient (Wildman–Crippen LogP) is 3.24. The number of hydrogen-bond acceptors (Lipinski definition) is 7. The normalized spacial score (nSPS) is 10.5. The van der Waals surface area contributed by atoms with E-state index in [1.165, 1.54) is 4.90 Å². The van der Waals surface area contributed by atoms with Gasteiger partial charge in [-0.15, -0.1) is 10.2 Å². The molecule has 0 atom stereocenters. The minimum Gasteiger partial charge on any atom is -0.497 e. The van der Waals surface area contributed by atoms with Crippen molar-refractivity contribution in [3.05, 3.63) is 54.1 Å². The highest BCUT2D eigenvalue weighted by molar-refractivity contribution is 7.99. The third kappa shape index (κ3) is 5.84. The molecule has 1 N–H and O–H groups in total. The summed E-state index contributed by atoms with van der Waals surface area (Å²) in [6.45, 7) is 1.92. The fourth-order valence-electron chi connectivity index (χ4n) is 2.49. The summed E-state index contributed by atoms with van der Waals surface area (Å²) in [4.78, 5) is 25.8. The zero-order valence-electron chi connectivity index (χ0n) is 16.9. The fraction of sp³-hybridized carbons (Fsp3) is 0.238. The van der Waals surface area contributed by atoms with Crippen LogP contribution in [0.4, 0.5) is 5.69 Å². The average molecular weight is 426 g/mol. The number of aryl methyl sites for hydroxylation is 1. The van der Waals surface area contributed by atoms with E-state index in [1.54, 1.807) is 26.3 Å².